The minimum absolute atomic E-state index is 0.136. The van der Waals surface area contributed by atoms with E-state index in [9.17, 15) is 4.39 Å². The number of fused-ring (bicyclic) bond motifs is 1. The van der Waals surface area contributed by atoms with Gasteiger partial charge in [-0.1, -0.05) is 23.9 Å². The van der Waals surface area contributed by atoms with Crippen LogP contribution in [-0.4, -0.2) is 37.4 Å². The van der Waals surface area contributed by atoms with Crippen molar-refractivity contribution in [3.8, 4) is 11.4 Å². The molecule has 6 nitrogen and oxygen atoms in total. The largest absolute Gasteiger partial charge is 0.376 e. The number of hydrogen-bond acceptors (Lipinski definition) is 6. The van der Waals surface area contributed by atoms with Gasteiger partial charge in [-0.2, -0.15) is 0 Å². The Morgan fingerprint density at radius 1 is 1.06 bits per heavy atom. The molecule has 1 aliphatic heterocycles. The van der Waals surface area contributed by atoms with E-state index in [0.717, 1.165) is 58.4 Å². The van der Waals surface area contributed by atoms with E-state index in [1.807, 2.05) is 31.2 Å². The van der Waals surface area contributed by atoms with Crippen LogP contribution >= 0.6 is 11.8 Å². The lowest BCUT2D eigenvalue weighted by atomic mass is 10.2. The van der Waals surface area contributed by atoms with Gasteiger partial charge in [0, 0.05) is 17.9 Å². The van der Waals surface area contributed by atoms with Gasteiger partial charge in [-0.25, -0.2) is 14.4 Å². The van der Waals surface area contributed by atoms with Gasteiger partial charge in [0.05, 0.1) is 35.1 Å². The van der Waals surface area contributed by atoms with Crippen LogP contribution in [0, 0.1) is 12.7 Å². The van der Waals surface area contributed by atoms with Crippen LogP contribution in [0.5, 0.6) is 0 Å². The Labute approximate surface area is 183 Å². The van der Waals surface area contributed by atoms with Crippen molar-refractivity contribution < 1.29 is 9.13 Å². The standard InChI is InChI=1S/C23H22FN5OS/c1-15-21(26-20-7-3-2-6-19(20)25-15)14-31-23-28-27-22(16-8-10-17(24)11-9-16)29(23)13-18-5-4-12-30-18/h2-3,6-11,18H,4-5,12-14H2,1H3. The Hall–Kier alpha value is -2.84. The van der Waals surface area contributed by atoms with Gasteiger partial charge in [-0.15, -0.1) is 10.2 Å². The predicted molar refractivity (Wildman–Crippen MR) is 118 cm³/mol. The van der Waals surface area contributed by atoms with Crippen LogP contribution in [0.2, 0.25) is 0 Å². The summed E-state index contributed by atoms with van der Waals surface area (Å²) in [7, 11) is 0. The molecule has 158 valence electrons. The fraction of sp³-hybridized carbons (Fsp3) is 0.304. The highest BCUT2D eigenvalue weighted by Crippen LogP contribution is 2.29. The lowest BCUT2D eigenvalue weighted by Crippen LogP contribution is -2.16. The lowest BCUT2D eigenvalue weighted by molar-refractivity contribution is 0.0953. The first-order valence-corrected chi connectivity index (χ1v) is 11.3. The molecule has 1 unspecified atom stereocenters. The molecule has 8 heteroatoms. The summed E-state index contributed by atoms with van der Waals surface area (Å²) < 4.78 is 21.3. The third kappa shape index (κ3) is 4.31. The molecule has 5 rings (SSSR count). The first-order valence-electron chi connectivity index (χ1n) is 10.3. The predicted octanol–water partition coefficient (Wildman–Crippen LogP) is 4.81. The number of rotatable bonds is 6. The zero-order chi connectivity index (χ0) is 21.2. The van der Waals surface area contributed by atoms with Crippen LogP contribution in [0.3, 0.4) is 0 Å². The van der Waals surface area contributed by atoms with Crippen LogP contribution in [0.4, 0.5) is 4.39 Å². The van der Waals surface area contributed by atoms with E-state index in [4.69, 9.17) is 9.72 Å². The van der Waals surface area contributed by atoms with Crippen molar-refractivity contribution in [1.29, 1.82) is 0 Å². The molecule has 0 radical (unpaired) electrons. The molecule has 0 amide bonds. The summed E-state index contributed by atoms with van der Waals surface area (Å²) >= 11 is 1.58. The Bertz CT molecular complexity index is 1200. The van der Waals surface area contributed by atoms with Crippen molar-refractivity contribution in [2.24, 2.45) is 0 Å². The van der Waals surface area contributed by atoms with Gasteiger partial charge in [0.25, 0.3) is 0 Å². The van der Waals surface area contributed by atoms with Gasteiger partial charge < -0.3 is 4.74 Å². The number of benzene rings is 2. The normalized spacial score (nSPS) is 16.3. The molecule has 1 saturated heterocycles. The topological polar surface area (TPSA) is 65.7 Å². The number of hydrogen-bond donors (Lipinski definition) is 0. The number of aryl methyl sites for hydroxylation is 1. The Kier molecular flexibility index (Phi) is 5.65. The number of thioether (sulfide) groups is 1. The average molecular weight is 436 g/mol. The number of nitrogens with zero attached hydrogens (tertiary/aromatic N) is 5. The van der Waals surface area contributed by atoms with Crippen LogP contribution in [0.1, 0.15) is 24.2 Å². The molecule has 31 heavy (non-hydrogen) atoms. The summed E-state index contributed by atoms with van der Waals surface area (Å²) in [6, 6.07) is 14.2. The maximum atomic E-state index is 13.4. The Morgan fingerprint density at radius 3 is 2.58 bits per heavy atom. The number of halogens is 1. The number of para-hydroxylation sites is 2. The highest BCUT2D eigenvalue weighted by Gasteiger charge is 2.22. The summed E-state index contributed by atoms with van der Waals surface area (Å²) in [5.41, 5.74) is 4.46. The van der Waals surface area contributed by atoms with Crippen molar-refractivity contribution in [1.82, 2.24) is 24.7 Å². The van der Waals surface area contributed by atoms with E-state index >= 15 is 0 Å². The summed E-state index contributed by atoms with van der Waals surface area (Å²) in [6.45, 7) is 3.44. The van der Waals surface area contributed by atoms with Crippen LogP contribution in [-0.2, 0) is 17.0 Å². The maximum absolute atomic E-state index is 13.4. The fourth-order valence-electron chi connectivity index (χ4n) is 3.76. The van der Waals surface area contributed by atoms with Gasteiger partial charge in [-0.05, 0) is 56.2 Å². The van der Waals surface area contributed by atoms with E-state index in [2.05, 4.69) is 19.7 Å². The molecular weight excluding hydrogens is 413 g/mol. The molecule has 0 spiro atoms. The maximum Gasteiger partial charge on any atom is 0.191 e. The minimum Gasteiger partial charge on any atom is -0.376 e. The third-order valence-corrected chi connectivity index (χ3v) is 6.39. The van der Waals surface area contributed by atoms with E-state index in [0.29, 0.717) is 12.3 Å². The van der Waals surface area contributed by atoms with E-state index < -0.39 is 0 Å². The molecule has 0 aliphatic carbocycles. The van der Waals surface area contributed by atoms with Crippen molar-refractivity contribution in [2.75, 3.05) is 6.61 Å². The number of aromatic nitrogens is 5. The summed E-state index contributed by atoms with van der Waals surface area (Å²) in [6.07, 6.45) is 2.21. The molecule has 2 aromatic carbocycles. The molecule has 1 fully saturated rings. The van der Waals surface area contributed by atoms with Crippen LogP contribution < -0.4 is 0 Å². The highest BCUT2D eigenvalue weighted by molar-refractivity contribution is 7.98. The second-order valence-electron chi connectivity index (χ2n) is 7.59. The van der Waals surface area contributed by atoms with E-state index in [1.54, 1.807) is 23.9 Å². The molecule has 3 heterocycles. The van der Waals surface area contributed by atoms with E-state index in [-0.39, 0.29) is 11.9 Å². The smallest absolute Gasteiger partial charge is 0.191 e. The molecular formula is C23H22FN5OS. The third-order valence-electron chi connectivity index (χ3n) is 5.41. The molecule has 0 saturated carbocycles. The summed E-state index contributed by atoms with van der Waals surface area (Å²) in [5.74, 6) is 1.09. The van der Waals surface area contributed by atoms with Crippen LogP contribution in [0.15, 0.2) is 53.7 Å². The SMILES string of the molecule is Cc1nc2ccccc2nc1CSc1nnc(-c2ccc(F)cc2)n1CC1CCCO1. The second-order valence-corrected chi connectivity index (χ2v) is 8.53. The zero-order valence-corrected chi connectivity index (χ0v) is 18.0. The minimum atomic E-state index is -0.270. The Morgan fingerprint density at radius 2 is 1.84 bits per heavy atom. The van der Waals surface area contributed by atoms with Crippen molar-refractivity contribution >= 4 is 22.8 Å². The molecule has 0 N–H and O–H groups in total. The molecule has 1 aliphatic rings. The van der Waals surface area contributed by atoms with Gasteiger partial charge >= 0.3 is 0 Å². The van der Waals surface area contributed by atoms with E-state index in [1.165, 1.54) is 12.1 Å². The van der Waals surface area contributed by atoms with Crippen molar-refractivity contribution in [2.45, 2.75) is 43.3 Å². The van der Waals surface area contributed by atoms with Gasteiger partial charge in [0.15, 0.2) is 11.0 Å². The van der Waals surface area contributed by atoms with Gasteiger partial charge in [-0.3, -0.25) is 4.57 Å². The highest BCUT2D eigenvalue weighted by atomic mass is 32.2. The molecule has 0 bridgehead atoms. The second kappa shape index (κ2) is 8.72. The van der Waals surface area contributed by atoms with Crippen molar-refractivity contribution in [3.63, 3.8) is 0 Å². The van der Waals surface area contributed by atoms with Gasteiger partial charge in [0.1, 0.15) is 5.82 Å². The van der Waals surface area contributed by atoms with Crippen LogP contribution in [0.25, 0.3) is 22.4 Å². The first kappa shape index (κ1) is 20.1. The average Bonchev–Trinajstić information content (AvgIpc) is 3.43. The van der Waals surface area contributed by atoms with Crippen molar-refractivity contribution in [3.05, 3.63) is 65.7 Å². The summed E-state index contributed by atoms with van der Waals surface area (Å²) in [5, 5.41) is 9.66. The monoisotopic (exact) mass is 435 g/mol. The Balaban J connectivity index is 1.44. The molecule has 1 atom stereocenters. The fourth-order valence-corrected chi connectivity index (χ4v) is 4.71. The first-order chi connectivity index (χ1) is 15.2. The molecule has 4 aromatic rings. The lowest BCUT2D eigenvalue weighted by Gasteiger charge is -2.15. The summed E-state index contributed by atoms with van der Waals surface area (Å²) in [4.78, 5) is 9.47. The van der Waals surface area contributed by atoms with Gasteiger partial charge in [0.2, 0.25) is 0 Å². The number of ether oxygens (including phenoxy) is 1. The zero-order valence-electron chi connectivity index (χ0n) is 17.2. The molecule has 2 aromatic heterocycles. The quantitative estimate of drug-likeness (QED) is 0.405.